The van der Waals surface area contributed by atoms with Gasteiger partial charge >= 0.3 is 12.3 Å². The van der Waals surface area contributed by atoms with Crippen molar-refractivity contribution in [2.45, 2.75) is 85.2 Å². The van der Waals surface area contributed by atoms with E-state index in [2.05, 4.69) is 10.1 Å². The van der Waals surface area contributed by atoms with Crippen LogP contribution in [0.4, 0.5) is 17.6 Å². The summed E-state index contributed by atoms with van der Waals surface area (Å²) < 4.78 is 63.8. The lowest BCUT2D eigenvalue weighted by Gasteiger charge is -2.29. The van der Waals surface area contributed by atoms with Crippen molar-refractivity contribution in [3.63, 3.8) is 0 Å². The Morgan fingerprint density at radius 3 is 1.92 bits per heavy atom. The van der Waals surface area contributed by atoms with Gasteiger partial charge in [-0.2, -0.15) is 0 Å². The Labute approximate surface area is 279 Å². The molecule has 48 heavy (non-hydrogen) atoms. The van der Waals surface area contributed by atoms with E-state index in [0.29, 0.717) is 29.5 Å². The molecule has 4 aromatic carbocycles. The Kier molecular flexibility index (Phi) is 11.0. The van der Waals surface area contributed by atoms with Gasteiger partial charge in [0.15, 0.2) is 0 Å². The van der Waals surface area contributed by atoms with Gasteiger partial charge in [-0.3, -0.25) is 4.79 Å². The number of hydrogen-bond donors (Lipinski definition) is 1. The zero-order valence-electron chi connectivity index (χ0n) is 28.2. The van der Waals surface area contributed by atoms with Crippen molar-refractivity contribution in [2.75, 3.05) is 0 Å². The fourth-order valence-electron chi connectivity index (χ4n) is 6.04. The van der Waals surface area contributed by atoms with Crippen molar-refractivity contribution < 1.29 is 36.6 Å². The molecule has 0 aliphatic rings. The van der Waals surface area contributed by atoms with Crippen LogP contribution in [0.15, 0.2) is 78.9 Å². The number of aryl methyl sites for hydroxylation is 3. The number of halogens is 4. The van der Waals surface area contributed by atoms with Crippen LogP contribution >= 0.6 is 0 Å². The molecular weight excluding hydrogens is 622 g/mol. The van der Waals surface area contributed by atoms with Crippen molar-refractivity contribution in [2.24, 2.45) is 0 Å². The highest BCUT2D eigenvalue weighted by atomic mass is 19.4. The second kappa shape index (κ2) is 14.6. The molecule has 4 aromatic rings. The number of ether oxygens (including phenoxy) is 2. The lowest BCUT2D eigenvalue weighted by Crippen LogP contribution is -2.33. The van der Waals surface area contributed by atoms with E-state index in [1.807, 2.05) is 39.8 Å². The molecule has 0 saturated heterocycles. The highest BCUT2D eigenvalue weighted by Gasteiger charge is 2.32. The van der Waals surface area contributed by atoms with Crippen LogP contribution in [-0.4, -0.2) is 23.8 Å². The maximum absolute atomic E-state index is 15.7. The predicted molar refractivity (Wildman–Crippen MR) is 179 cm³/mol. The first-order chi connectivity index (χ1) is 22.5. The maximum Gasteiger partial charge on any atom is 0.573 e. The molecule has 0 aromatic heterocycles. The van der Waals surface area contributed by atoms with Crippen LogP contribution < -0.4 is 10.1 Å². The molecule has 254 valence electrons. The van der Waals surface area contributed by atoms with Gasteiger partial charge in [0, 0.05) is 5.92 Å². The molecule has 2 unspecified atom stereocenters. The van der Waals surface area contributed by atoms with Crippen molar-refractivity contribution in [3.8, 4) is 16.9 Å². The van der Waals surface area contributed by atoms with E-state index in [1.54, 1.807) is 51.1 Å². The first kappa shape index (κ1) is 36.2. The van der Waals surface area contributed by atoms with E-state index in [9.17, 15) is 22.8 Å². The smallest absolute Gasteiger partial charge is 0.456 e. The summed E-state index contributed by atoms with van der Waals surface area (Å²) in [6, 6.07) is 19.8. The highest BCUT2D eigenvalue weighted by Crippen LogP contribution is 2.37. The Morgan fingerprint density at radius 2 is 1.40 bits per heavy atom. The number of carbonyl (C=O) groups excluding carboxylic acids is 2. The van der Waals surface area contributed by atoms with Gasteiger partial charge in [0.25, 0.3) is 5.91 Å². The Morgan fingerprint density at radius 1 is 0.812 bits per heavy atom. The Balaban J connectivity index is 1.71. The van der Waals surface area contributed by atoms with Crippen LogP contribution in [0.1, 0.15) is 101 Å². The van der Waals surface area contributed by atoms with E-state index in [1.165, 1.54) is 36.4 Å². The highest BCUT2D eigenvalue weighted by molar-refractivity contribution is 5.95. The molecule has 4 rings (SSSR count). The number of amides is 1. The molecule has 0 spiro atoms. The first-order valence-corrected chi connectivity index (χ1v) is 15.8. The number of hydrogen-bond acceptors (Lipinski definition) is 4. The summed E-state index contributed by atoms with van der Waals surface area (Å²) in [4.78, 5) is 26.4. The lowest BCUT2D eigenvalue weighted by molar-refractivity contribution is -0.274. The van der Waals surface area contributed by atoms with Crippen molar-refractivity contribution in [1.29, 1.82) is 0 Å². The topological polar surface area (TPSA) is 64.6 Å². The standard InChI is InChI=1S/C39H41F4NO4/c1-8-9-31(26-10-12-28(13-11-26)37(46)48-38(5,6)7)35(27-14-17-30(18-15-27)47-39(41,42)43)44-36(45)32-19-16-29(22-33(32)40)34-24(3)20-23(2)21-25(34)4/h10-22,31,35H,8-9H2,1-7H3,(H,44,45). The summed E-state index contributed by atoms with van der Waals surface area (Å²) in [7, 11) is 0. The zero-order chi connectivity index (χ0) is 35.4. The third kappa shape index (κ3) is 9.24. The van der Waals surface area contributed by atoms with Crippen LogP contribution in [0.3, 0.4) is 0 Å². The number of esters is 1. The largest absolute Gasteiger partial charge is 0.573 e. The number of carbonyl (C=O) groups is 2. The second-order valence-electron chi connectivity index (χ2n) is 13.1. The Hall–Kier alpha value is -4.66. The average molecular weight is 664 g/mol. The van der Waals surface area contributed by atoms with Gasteiger partial charge in [-0.15, -0.1) is 13.2 Å². The summed E-state index contributed by atoms with van der Waals surface area (Å²) in [5, 5.41) is 2.97. The number of alkyl halides is 3. The van der Waals surface area contributed by atoms with Gasteiger partial charge in [-0.1, -0.05) is 61.4 Å². The summed E-state index contributed by atoms with van der Waals surface area (Å²) in [6.45, 7) is 13.2. The lowest BCUT2D eigenvalue weighted by atomic mass is 9.83. The fraction of sp³-hybridized carbons (Fsp3) is 0.333. The van der Waals surface area contributed by atoms with Crippen LogP contribution in [-0.2, 0) is 4.74 Å². The molecule has 0 saturated carbocycles. The van der Waals surface area contributed by atoms with Gasteiger partial charge in [-0.25, -0.2) is 9.18 Å². The third-order valence-corrected chi connectivity index (χ3v) is 7.91. The number of benzene rings is 4. The second-order valence-corrected chi connectivity index (χ2v) is 13.1. The SMILES string of the molecule is CCCC(c1ccc(C(=O)OC(C)(C)C)cc1)C(NC(=O)c1ccc(-c2c(C)cc(C)cc2C)cc1F)c1ccc(OC(F)(F)F)cc1. The van der Waals surface area contributed by atoms with Crippen LogP contribution in [0, 0.1) is 26.6 Å². The summed E-state index contributed by atoms with van der Waals surface area (Å²) in [6.07, 6.45) is -3.61. The van der Waals surface area contributed by atoms with Gasteiger partial charge < -0.3 is 14.8 Å². The fourth-order valence-corrected chi connectivity index (χ4v) is 6.04. The molecular formula is C39H41F4NO4. The predicted octanol–water partition coefficient (Wildman–Crippen LogP) is 10.3. The van der Waals surface area contributed by atoms with Gasteiger partial charge in [0.2, 0.25) is 0 Å². The minimum Gasteiger partial charge on any atom is -0.456 e. The van der Waals surface area contributed by atoms with E-state index in [-0.39, 0.29) is 11.5 Å². The molecule has 5 nitrogen and oxygen atoms in total. The van der Waals surface area contributed by atoms with Gasteiger partial charge in [0.1, 0.15) is 17.2 Å². The average Bonchev–Trinajstić information content (AvgIpc) is 2.97. The quantitative estimate of drug-likeness (QED) is 0.135. The van der Waals surface area contributed by atoms with E-state index in [0.717, 1.165) is 27.8 Å². The van der Waals surface area contributed by atoms with Crippen molar-refractivity contribution >= 4 is 11.9 Å². The minimum absolute atomic E-state index is 0.168. The summed E-state index contributed by atoms with van der Waals surface area (Å²) in [5.74, 6) is -2.66. The molecule has 0 heterocycles. The minimum atomic E-state index is -4.87. The van der Waals surface area contributed by atoms with Gasteiger partial charge in [0.05, 0.1) is 17.2 Å². The van der Waals surface area contributed by atoms with Crippen molar-refractivity contribution in [3.05, 3.63) is 124 Å². The molecule has 0 fully saturated rings. The third-order valence-electron chi connectivity index (χ3n) is 7.91. The van der Waals surface area contributed by atoms with E-state index >= 15 is 4.39 Å². The van der Waals surface area contributed by atoms with E-state index in [4.69, 9.17) is 4.74 Å². The van der Waals surface area contributed by atoms with Crippen LogP contribution in [0.5, 0.6) is 5.75 Å². The van der Waals surface area contributed by atoms with Crippen LogP contribution in [0.2, 0.25) is 0 Å². The summed E-state index contributed by atoms with van der Waals surface area (Å²) in [5.41, 5.74) is 5.37. The molecule has 2 atom stereocenters. The normalized spacial score (nSPS) is 13.1. The van der Waals surface area contributed by atoms with Gasteiger partial charge in [-0.05, 0) is 118 Å². The molecule has 0 radical (unpaired) electrons. The van der Waals surface area contributed by atoms with E-state index < -0.39 is 41.4 Å². The molecule has 1 N–H and O–H groups in total. The molecule has 0 aliphatic heterocycles. The monoisotopic (exact) mass is 663 g/mol. The number of nitrogens with one attached hydrogen (secondary N) is 1. The molecule has 0 bridgehead atoms. The number of rotatable bonds is 10. The molecule has 1 amide bonds. The maximum atomic E-state index is 15.7. The Bertz CT molecular complexity index is 1730. The van der Waals surface area contributed by atoms with Crippen LogP contribution in [0.25, 0.3) is 11.1 Å². The molecule has 0 aliphatic carbocycles. The molecule has 9 heteroatoms. The zero-order valence-corrected chi connectivity index (χ0v) is 28.2. The first-order valence-electron chi connectivity index (χ1n) is 15.8. The van der Waals surface area contributed by atoms with Crippen molar-refractivity contribution in [1.82, 2.24) is 5.32 Å². The summed E-state index contributed by atoms with van der Waals surface area (Å²) >= 11 is 0.